The molecule has 0 saturated carbocycles. The highest BCUT2D eigenvalue weighted by Crippen LogP contribution is 2.27. The number of hydrogen-bond acceptors (Lipinski definition) is 3. The molecule has 0 saturated heterocycles. The van der Waals surface area contributed by atoms with Gasteiger partial charge >= 0.3 is 0 Å². The first-order valence-electron chi connectivity index (χ1n) is 4.92. The quantitative estimate of drug-likeness (QED) is 0.593. The lowest BCUT2D eigenvalue weighted by atomic mass is 10.00. The number of aldehydes is 1. The minimum atomic E-state index is 0.526. The third kappa shape index (κ3) is 1.75. The molecule has 0 aromatic heterocycles. The minimum absolute atomic E-state index is 0.526. The zero-order valence-corrected chi connectivity index (χ0v) is 8.68. The van der Waals surface area contributed by atoms with Crippen LogP contribution in [-0.2, 0) is 0 Å². The van der Waals surface area contributed by atoms with Gasteiger partial charge in [0.25, 0.3) is 0 Å². The molecule has 0 radical (unpaired) electrons. The molecular formula is C13H12N2O. The Hall–Kier alpha value is -2.29. The third-order valence-electron chi connectivity index (χ3n) is 2.49. The molecule has 0 amide bonds. The maximum absolute atomic E-state index is 10.9. The largest absolute Gasteiger partial charge is 0.397 e. The lowest BCUT2D eigenvalue weighted by Gasteiger charge is -2.07. The second-order valence-electron chi connectivity index (χ2n) is 3.55. The van der Waals surface area contributed by atoms with Crippen LogP contribution in [0.4, 0.5) is 11.4 Å². The van der Waals surface area contributed by atoms with Crippen LogP contribution in [0.5, 0.6) is 0 Å². The molecule has 0 heterocycles. The van der Waals surface area contributed by atoms with Gasteiger partial charge in [0.2, 0.25) is 0 Å². The molecule has 2 aromatic carbocycles. The number of carbonyl (C=O) groups excluding carboxylic acids is 1. The number of nitrogens with two attached hydrogens (primary N) is 2. The molecule has 0 atom stereocenters. The zero-order valence-electron chi connectivity index (χ0n) is 8.68. The van der Waals surface area contributed by atoms with Gasteiger partial charge in [-0.05, 0) is 23.3 Å². The molecule has 80 valence electrons. The fourth-order valence-corrected chi connectivity index (χ4v) is 1.60. The van der Waals surface area contributed by atoms with E-state index in [-0.39, 0.29) is 0 Å². The molecule has 3 heteroatoms. The van der Waals surface area contributed by atoms with Crippen LogP contribution in [-0.4, -0.2) is 6.29 Å². The van der Waals surface area contributed by atoms with E-state index < -0.39 is 0 Å². The summed E-state index contributed by atoms with van der Waals surface area (Å²) in [4.78, 5) is 10.9. The first kappa shape index (κ1) is 10.2. The highest BCUT2D eigenvalue weighted by Gasteiger charge is 2.04. The van der Waals surface area contributed by atoms with Crippen molar-refractivity contribution in [3.8, 4) is 11.1 Å². The average molecular weight is 212 g/mol. The Morgan fingerprint density at radius 3 is 2.38 bits per heavy atom. The molecule has 0 spiro atoms. The number of nitrogen functional groups attached to an aromatic ring is 2. The van der Waals surface area contributed by atoms with E-state index in [4.69, 9.17) is 11.5 Å². The summed E-state index contributed by atoms with van der Waals surface area (Å²) in [5.41, 5.74) is 14.9. The van der Waals surface area contributed by atoms with Crippen molar-refractivity contribution in [2.75, 3.05) is 11.5 Å². The van der Waals surface area contributed by atoms with Crippen molar-refractivity contribution in [2.24, 2.45) is 0 Å². The molecule has 4 N–H and O–H groups in total. The summed E-state index contributed by atoms with van der Waals surface area (Å²) in [7, 11) is 0. The van der Waals surface area contributed by atoms with E-state index in [2.05, 4.69) is 0 Å². The smallest absolute Gasteiger partial charge is 0.150 e. The van der Waals surface area contributed by atoms with Gasteiger partial charge in [0.15, 0.2) is 6.29 Å². The molecule has 0 fully saturated rings. The molecule has 0 bridgehead atoms. The standard InChI is InChI=1S/C13H12N2O/c14-12-6-5-9(7-13(12)15)11-4-2-1-3-10(11)8-16/h1-8H,14-15H2. The van der Waals surface area contributed by atoms with Crippen molar-refractivity contribution in [3.05, 3.63) is 48.0 Å². The van der Waals surface area contributed by atoms with E-state index in [9.17, 15) is 4.79 Å². The van der Waals surface area contributed by atoms with Crippen molar-refractivity contribution in [1.82, 2.24) is 0 Å². The number of benzene rings is 2. The Labute approximate surface area is 93.7 Å². The molecule has 0 aliphatic heterocycles. The van der Waals surface area contributed by atoms with Crippen molar-refractivity contribution in [3.63, 3.8) is 0 Å². The van der Waals surface area contributed by atoms with Crippen molar-refractivity contribution in [1.29, 1.82) is 0 Å². The Bertz CT molecular complexity index is 535. The van der Waals surface area contributed by atoms with Crippen LogP contribution in [0.15, 0.2) is 42.5 Å². The third-order valence-corrected chi connectivity index (χ3v) is 2.49. The van der Waals surface area contributed by atoms with Crippen molar-refractivity contribution in [2.45, 2.75) is 0 Å². The maximum atomic E-state index is 10.9. The van der Waals surface area contributed by atoms with Gasteiger partial charge in [0.1, 0.15) is 0 Å². The van der Waals surface area contributed by atoms with Crippen LogP contribution >= 0.6 is 0 Å². The molecule has 16 heavy (non-hydrogen) atoms. The van der Waals surface area contributed by atoms with Crippen LogP contribution in [0, 0.1) is 0 Å². The summed E-state index contributed by atoms with van der Waals surface area (Å²) in [6.07, 6.45) is 0.835. The molecule has 3 nitrogen and oxygen atoms in total. The van der Waals surface area contributed by atoms with Gasteiger partial charge in [-0.3, -0.25) is 4.79 Å². The Morgan fingerprint density at radius 1 is 0.938 bits per heavy atom. The topological polar surface area (TPSA) is 69.1 Å². The molecular weight excluding hydrogens is 200 g/mol. The predicted octanol–water partition coefficient (Wildman–Crippen LogP) is 2.33. The van der Waals surface area contributed by atoms with Crippen LogP contribution in [0.2, 0.25) is 0 Å². The summed E-state index contributed by atoms with van der Waals surface area (Å²) < 4.78 is 0. The zero-order chi connectivity index (χ0) is 11.5. The van der Waals surface area contributed by atoms with E-state index in [0.717, 1.165) is 17.4 Å². The number of carbonyl (C=O) groups is 1. The summed E-state index contributed by atoms with van der Waals surface area (Å²) in [5.74, 6) is 0. The highest BCUT2D eigenvalue weighted by atomic mass is 16.1. The molecule has 0 aliphatic rings. The summed E-state index contributed by atoms with van der Waals surface area (Å²) >= 11 is 0. The van der Waals surface area contributed by atoms with Crippen molar-refractivity contribution >= 4 is 17.7 Å². The normalized spacial score (nSPS) is 10.0. The Kier molecular flexibility index (Phi) is 2.60. The van der Waals surface area contributed by atoms with E-state index in [1.807, 2.05) is 24.3 Å². The minimum Gasteiger partial charge on any atom is -0.397 e. The summed E-state index contributed by atoms with van der Waals surface area (Å²) in [6, 6.07) is 12.7. The Balaban J connectivity index is 2.58. The first-order valence-corrected chi connectivity index (χ1v) is 4.92. The molecule has 2 aromatic rings. The second kappa shape index (κ2) is 4.06. The lowest BCUT2D eigenvalue weighted by molar-refractivity contribution is 0.112. The fraction of sp³-hybridized carbons (Fsp3) is 0. The number of rotatable bonds is 2. The lowest BCUT2D eigenvalue weighted by Crippen LogP contribution is -1.95. The van der Waals surface area contributed by atoms with E-state index in [1.165, 1.54) is 0 Å². The van der Waals surface area contributed by atoms with Crippen LogP contribution in [0.25, 0.3) is 11.1 Å². The molecule has 0 aliphatic carbocycles. The maximum Gasteiger partial charge on any atom is 0.150 e. The van der Waals surface area contributed by atoms with Crippen LogP contribution in [0.3, 0.4) is 0 Å². The van der Waals surface area contributed by atoms with Gasteiger partial charge in [-0.15, -0.1) is 0 Å². The van der Waals surface area contributed by atoms with Gasteiger partial charge in [0, 0.05) is 5.56 Å². The van der Waals surface area contributed by atoms with E-state index in [1.54, 1.807) is 18.2 Å². The predicted molar refractivity (Wildman–Crippen MR) is 66.1 cm³/mol. The molecule has 0 unspecified atom stereocenters. The van der Waals surface area contributed by atoms with Crippen molar-refractivity contribution < 1.29 is 4.79 Å². The number of anilines is 2. The van der Waals surface area contributed by atoms with E-state index >= 15 is 0 Å². The van der Waals surface area contributed by atoms with Crippen LogP contribution in [0.1, 0.15) is 10.4 Å². The van der Waals surface area contributed by atoms with Gasteiger partial charge in [0.05, 0.1) is 11.4 Å². The van der Waals surface area contributed by atoms with Gasteiger partial charge < -0.3 is 11.5 Å². The Morgan fingerprint density at radius 2 is 1.69 bits per heavy atom. The second-order valence-corrected chi connectivity index (χ2v) is 3.55. The SMILES string of the molecule is Nc1ccc(-c2ccccc2C=O)cc1N. The van der Waals surface area contributed by atoms with Gasteiger partial charge in [-0.1, -0.05) is 30.3 Å². The summed E-state index contributed by atoms with van der Waals surface area (Å²) in [6.45, 7) is 0. The fourth-order valence-electron chi connectivity index (χ4n) is 1.60. The molecule has 2 rings (SSSR count). The average Bonchev–Trinajstić information content (AvgIpc) is 2.32. The number of hydrogen-bond donors (Lipinski definition) is 2. The van der Waals surface area contributed by atoms with Crippen LogP contribution < -0.4 is 11.5 Å². The summed E-state index contributed by atoms with van der Waals surface area (Å²) in [5, 5.41) is 0. The first-order chi connectivity index (χ1) is 7.72. The monoisotopic (exact) mass is 212 g/mol. The van der Waals surface area contributed by atoms with Gasteiger partial charge in [-0.2, -0.15) is 0 Å². The van der Waals surface area contributed by atoms with E-state index in [0.29, 0.717) is 16.9 Å². The van der Waals surface area contributed by atoms with Gasteiger partial charge in [-0.25, -0.2) is 0 Å². The highest BCUT2D eigenvalue weighted by molar-refractivity contribution is 5.88.